The Morgan fingerprint density at radius 3 is 2.51 bits per heavy atom. The van der Waals surface area contributed by atoms with Gasteiger partial charge in [0.1, 0.15) is 17.7 Å². The van der Waals surface area contributed by atoms with E-state index in [2.05, 4.69) is 4.98 Å². The minimum absolute atomic E-state index is 0.0265. The number of benzene rings is 3. The van der Waals surface area contributed by atoms with Crippen LogP contribution in [0.3, 0.4) is 0 Å². The Kier molecular flexibility index (Phi) is 6.16. The van der Waals surface area contributed by atoms with Crippen molar-refractivity contribution in [2.75, 3.05) is 19.1 Å². The van der Waals surface area contributed by atoms with Crippen LogP contribution in [0.5, 0.6) is 5.88 Å². The summed E-state index contributed by atoms with van der Waals surface area (Å²) in [5, 5.41) is 12.3. The monoisotopic (exact) mass is 505 g/mol. The van der Waals surface area contributed by atoms with Gasteiger partial charge in [-0.25, -0.2) is 18.6 Å². The van der Waals surface area contributed by atoms with Crippen LogP contribution in [0.2, 0.25) is 0 Å². The number of anilines is 1. The van der Waals surface area contributed by atoms with Crippen LogP contribution in [0.25, 0.3) is 10.8 Å². The van der Waals surface area contributed by atoms with E-state index in [0.717, 1.165) is 18.2 Å². The number of hydrogen-bond acceptors (Lipinski definition) is 7. The van der Waals surface area contributed by atoms with E-state index in [-0.39, 0.29) is 23.7 Å². The first-order chi connectivity index (χ1) is 17.8. The zero-order valence-corrected chi connectivity index (χ0v) is 19.9. The molecule has 0 saturated carbocycles. The molecule has 2 heterocycles. The van der Waals surface area contributed by atoms with Gasteiger partial charge in [-0.1, -0.05) is 30.3 Å². The number of pyridine rings is 1. The number of carbonyl (C=O) groups excluding carboxylic acids is 1. The fraction of sp³-hybridized carbons (Fsp3) is 0.185. The average molecular weight is 505 g/mol. The van der Waals surface area contributed by atoms with Crippen LogP contribution < -0.4 is 9.64 Å². The number of hydrogen-bond donors (Lipinski definition) is 0. The lowest BCUT2D eigenvalue weighted by molar-refractivity contribution is -0.385. The van der Waals surface area contributed by atoms with Crippen molar-refractivity contribution in [2.45, 2.75) is 18.5 Å². The first-order valence-corrected chi connectivity index (χ1v) is 11.3. The van der Waals surface area contributed by atoms with Gasteiger partial charge in [-0.3, -0.25) is 10.1 Å². The molecule has 0 N–H and O–H groups in total. The number of nitrogens with zero attached hydrogens (tertiary/aromatic N) is 3. The van der Waals surface area contributed by atoms with Crippen LogP contribution in [-0.2, 0) is 16.1 Å². The van der Waals surface area contributed by atoms with Crippen molar-refractivity contribution in [3.63, 3.8) is 0 Å². The number of nitro benzene ring substituents is 1. The van der Waals surface area contributed by atoms with Gasteiger partial charge in [0.05, 0.1) is 19.1 Å². The Hall–Kier alpha value is -4.60. The third-order valence-corrected chi connectivity index (χ3v) is 6.64. The van der Waals surface area contributed by atoms with E-state index >= 15 is 4.39 Å². The normalized spacial score (nSPS) is 16.5. The molecule has 4 aromatic rings. The van der Waals surface area contributed by atoms with Gasteiger partial charge >= 0.3 is 5.97 Å². The summed E-state index contributed by atoms with van der Waals surface area (Å²) in [6.45, 7) is -0.253. The van der Waals surface area contributed by atoms with Gasteiger partial charge in [0, 0.05) is 53.0 Å². The molecule has 1 aliphatic heterocycles. The number of methoxy groups -OCH3 is 2. The van der Waals surface area contributed by atoms with Crippen LogP contribution in [0.15, 0.2) is 66.9 Å². The molecule has 8 nitrogen and oxygen atoms in total. The molecule has 0 bridgehead atoms. The van der Waals surface area contributed by atoms with Gasteiger partial charge in [0.2, 0.25) is 5.88 Å². The number of aromatic nitrogens is 1. The third-order valence-electron chi connectivity index (χ3n) is 6.64. The molecular formula is C27H21F2N3O5. The van der Waals surface area contributed by atoms with E-state index in [1.54, 1.807) is 42.6 Å². The Balaban J connectivity index is 1.80. The summed E-state index contributed by atoms with van der Waals surface area (Å²) in [7, 11) is 2.68. The zero-order chi connectivity index (χ0) is 26.3. The van der Waals surface area contributed by atoms with E-state index in [0.29, 0.717) is 27.6 Å². The number of halogens is 2. The van der Waals surface area contributed by atoms with Crippen molar-refractivity contribution < 1.29 is 28.0 Å². The van der Waals surface area contributed by atoms with Gasteiger partial charge in [-0.05, 0) is 29.1 Å². The molecule has 0 amide bonds. The van der Waals surface area contributed by atoms with Gasteiger partial charge in [0.15, 0.2) is 0 Å². The summed E-state index contributed by atoms with van der Waals surface area (Å²) < 4.78 is 40.9. The van der Waals surface area contributed by atoms with Gasteiger partial charge < -0.3 is 14.4 Å². The third kappa shape index (κ3) is 4.00. The van der Waals surface area contributed by atoms with Crippen molar-refractivity contribution in [1.29, 1.82) is 0 Å². The highest BCUT2D eigenvalue weighted by Crippen LogP contribution is 2.51. The number of fused-ring (bicyclic) bond motifs is 3. The van der Waals surface area contributed by atoms with Gasteiger partial charge in [-0.2, -0.15) is 0 Å². The SMILES string of the molecule is COC(=O)C1C(c2cccnc2OC)c2c(cc(F)c3ccccc23)N1Cc1cc([N+](=O)[O-])ccc1F. The van der Waals surface area contributed by atoms with Crippen LogP contribution in [-0.4, -0.2) is 36.1 Å². The molecule has 5 rings (SSSR count). The summed E-state index contributed by atoms with van der Waals surface area (Å²) in [6, 6.07) is 13.7. The highest BCUT2D eigenvalue weighted by Gasteiger charge is 2.47. The van der Waals surface area contributed by atoms with Crippen LogP contribution >= 0.6 is 0 Å². The molecule has 2 unspecified atom stereocenters. The van der Waals surface area contributed by atoms with Crippen LogP contribution in [0.1, 0.15) is 22.6 Å². The summed E-state index contributed by atoms with van der Waals surface area (Å²) in [5.74, 6) is -2.33. The number of rotatable bonds is 6. The molecule has 3 aromatic carbocycles. The lowest BCUT2D eigenvalue weighted by atomic mass is 9.85. The second-order valence-corrected chi connectivity index (χ2v) is 8.55. The standard InChI is InChI=1S/C27H21F2N3O5/c1-36-26-19(8-5-11-30-26)24-23-18-7-4-3-6-17(18)21(29)13-22(23)31(25(24)27(33)37-2)14-15-12-16(32(34)35)9-10-20(15)28/h3-13,24-25H,14H2,1-2H3. The minimum atomic E-state index is -1.07. The average Bonchev–Trinajstić information content (AvgIpc) is 3.23. The molecule has 1 aliphatic rings. The van der Waals surface area contributed by atoms with E-state index in [1.165, 1.54) is 25.2 Å². The molecule has 0 radical (unpaired) electrons. The summed E-state index contributed by atoms with van der Waals surface area (Å²) in [6.07, 6.45) is 1.55. The number of ether oxygens (including phenoxy) is 2. The number of esters is 1. The Bertz CT molecular complexity index is 1540. The second kappa shape index (κ2) is 9.45. The Morgan fingerprint density at radius 1 is 1.05 bits per heavy atom. The maximum atomic E-state index is 15.3. The van der Waals surface area contributed by atoms with Gasteiger partial charge in [-0.15, -0.1) is 0 Å². The largest absolute Gasteiger partial charge is 0.481 e. The van der Waals surface area contributed by atoms with E-state index in [9.17, 15) is 19.3 Å². The molecule has 1 aromatic heterocycles. The molecular weight excluding hydrogens is 484 g/mol. The van der Waals surface area contributed by atoms with Crippen molar-refractivity contribution in [1.82, 2.24) is 4.98 Å². The molecule has 2 atom stereocenters. The maximum Gasteiger partial charge on any atom is 0.329 e. The molecule has 0 spiro atoms. The fourth-order valence-corrected chi connectivity index (χ4v) is 5.07. The minimum Gasteiger partial charge on any atom is -0.481 e. The summed E-state index contributed by atoms with van der Waals surface area (Å²) in [5.41, 5.74) is 1.18. The van der Waals surface area contributed by atoms with E-state index < -0.39 is 34.5 Å². The molecule has 0 aliphatic carbocycles. The smallest absolute Gasteiger partial charge is 0.329 e. The predicted molar refractivity (Wildman–Crippen MR) is 132 cm³/mol. The van der Waals surface area contributed by atoms with Crippen LogP contribution in [0, 0.1) is 21.7 Å². The Morgan fingerprint density at radius 2 is 1.81 bits per heavy atom. The number of non-ortho nitro benzene ring substituents is 1. The topological polar surface area (TPSA) is 94.8 Å². The molecule has 0 saturated heterocycles. The highest BCUT2D eigenvalue weighted by atomic mass is 19.1. The summed E-state index contributed by atoms with van der Waals surface area (Å²) >= 11 is 0. The first kappa shape index (κ1) is 24.1. The second-order valence-electron chi connectivity index (χ2n) is 8.55. The number of carbonyl (C=O) groups is 1. The fourth-order valence-electron chi connectivity index (χ4n) is 5.07. The molecule has 0 fully saturated rings. The lowest BCUT2D eigenvalue weighted by Gasteiger charge is -2.29. The first-order valence-electron chi connectivity index (χ1n) is 11.3. The maximum absolute atomic E-state index is 15.3. The quantitative estimate of drug-likeness (QED) is 0.204. The van der Waals surface area contributed by atoms with Crippen molar-refractivity contribution >= 4 is 28.1 Å². The van der Waals surface area contributed by atoms with Gasteiger partial charge in [0.25, 0.3) is 5.69 Å². The van der Waals surface area contributed by atoms with E-state index in [1.807, 2.05) is 0 Å². The Labute approximate surface area is 210 Å². The summed E-state index contributed by atoms with van der Waals surface area (Å²) in [4.78, 5) is 29.8. The zero-order valence-electron chi connectivity index (χ0n) is 19.9. The molecule has 188 valence electrons. The lowest BCUT2D eigenvalue weighted by Crippen LogP contribution is -2.41. The number of nitro groups is 1. The van der Waals surface area contributed by atoms with Crippen LogP contribution in [0.4, 0.5) is 20.2 Å². The van der Waals surface area contributed by atoms with Crippen molar-refractivity contribution in [3.05, 3.63) is 105 Å². The van der Waals surface area contributed by atoms with Crippen molar-refractivity contribution in [3.8, 4) is 5.88 Å². The molecule has 37 heavy (non-hydrogen) atoms. The molecule has 10 heteroatoms. The van der Waals surface area contributed by atoms with E-state index in [4.69, 9.17) is 9.47 Å². The highest BCUT2D eigenvalue weighted by molar-refractivity contribution is 5.97. The predicted octanol–water partition coefficient (Wildman–Crippen LogP) is 5.12. The van der Waals surface area contributed by atoms with Crippen molar-refractivity contribution in [2.24, 2.45) is 0 Å².